The Morgan fingerprint density at radius 2 is 1.69 bits per heavy atom. The van der Waals surface area contributed by atoms with E-state index in [1.165, 1.54) is 18.0 Å². The van der Waals surface area contributed by atoms with Crippen molar-refractivity contribution in [1.82, 2.24) is 9.97 Å². The zero-order valence-corrected chi connectivity index (χ0v) is 15.0. The molecule has 5 nitrogen and oxygen atoms in total. The minimum absolute atomic E-state index is 0.212. The monoisotopic (exact) mass is 346 g/mol. The fourth-order valence-corrected chi connectivity index (χ4v) is 2.57. The zero-order chi connectivity index (χ0) is 18.4. The third-order valence-electron chi connectivity index (χ3n) is 4.13. The number of aromatic nitrogens is 2. The minimum atomic E-state index is -0.212. The van der Waals surface area contributed by atoms with Crippen molar-refractivity contribution in [2.75, 3.05) is 10.6 Å². The molecule has 1 amide bonds. The molecule has 0 bridgehead atoms. The van der Waals surface area contributed by atoms with Gasteiger partial charge in [-0.25, -0.2) is 9.97 Å². The van der Waals surface area contributed by atoms with Gasteiger partial charge < -0.3 is 10.6 Å². The van der Waals surface area contributed by atoms with Crippen molar-refractivity contribution in [2.45, 2.75) is 26.8 Å². The Balaban J connectivity index is 1.61. The molecule has 0 atom stereocenters. The SMILES string of the molecule is CCc1ccccc1NC(=O)c1cnc(NCc2ccc(C)cc2)nc1. The molecule has 0 fully saturated rings. The Bertz CT molecular complexity index is 873. The highest BCUT2D eigenvalue weighted by Crippen LogP contribution is 2.16. The van der Waals surface area contributed by atoms with Crippen LogP contribution < -0.4 is 10.6 Å². The van der Waals surface area contributed by atoms with Gasteiger partial charge in [0.05, 0.1) is 5.56 Å². The second kappa shape index (κ2) is 8.25. The number of anilines is 2. The van der Waals surface area contributed by atoms with Gasteiger partial charge in [0.1, 0.15) is 0 Å². The van der Waals surface area contributed by atoms with Crippen LogP contribution in [0.25, 0.3) is 0 Å². The van der Waals surface area contributed by atoms with Crippen LogP contribution in [0, 0.1) is 6.92 Å². The van der Waals surface area contributed by atoms with Gasteiger partial charge in [0, 0.05) is 24.6 Å². The van der Waals surface area contributed by atoms with Gasteiger partial charge in [0.25, 0.3) is 5.91 Å². The second-order valence-corrected chi connectivity index (χ2v) is 6.10. The summed E-state index contributed by atoms with van der Waals surface area (Å²) in [4.78, 5) is 20.9. The van der Waals surface area contributed by atoms with E-state index in [4.69, 9.17) is 0 Å². The summed E-state index contributed by atoms with van der Waals surface area (Å²) in [7, 11) is 0. The van der Waals surface area contributed by atoms with E-state index in [9.17, 15) is 4.79 Å². The number of carbonyl (C=O) groups excluding carboxylic acids is 1. The lowest BCUT2D eigenvalue weighted by Crippen LogP contribution is -2.14. The molecule has 2 N–H and O–H groups in total. The Hall–Kier alpha value is -3.21. The Labute approximate surface area is 153 Å². The van der Waals surface area contributed by atoms with Crippen LogP contribution in [0.5, 0.6) is 0 Å². The Morgan fingerprint density at radius 3 is 2.38 bits per heavy atom. The van der Waals surface area contributed by atoms with E-state index in [-0.39, 0.29) is 5.91 Å². The smallest absolute Gasteiger partial charge is 0.258 e. The fourth-order valence-electron chi connectivity index (χ4n) is 2.57. The summed E-state index contributed by atoms with van der Waals surface area (Å²) in [5.74, 6) is 0.284. The first-order valence-electron chi connectivity index (χ1n) is 8.66. The van der Waals surface area contributed by atoms with Gasteiger partial charge in [-0.2, -0.15) is 0 Å². The highest BCUT2D eigenvalue weighted by molar-refractivity contribution is 6.04. The molecular weight excluding hydrogens is 324 g/mol. The molecule has 3 aromatic rings. The number of para-hydroxylation sites is 1. The maximum Gasteiger partial charge on any atom is 0.258 e. The van der Waals surface area contributed by atoms with E-state index < -0.39 is 0 Å². The lowest BCUT2D eigenvalue weighted by molar-refractivity contribution is 0.102. The van der Waals surface area contributed by atoms with E-state index in [0.717, 1.165) is 23.2 Å². The first-order chi connectivity index (χ1) is 12.7. The van der Waals surface area contributed by atoms with Crippen LogP contribution in [-0.2, 0) is 13.0 Å². The predicted octanol–water partition coefficient (Wildman–Crippen LogP) is 4.21. The van der Waals surface area contributed by atoms with Crippen molar-refractivity contribution in [3.05, 3.63) is 83.2 Å². The molecular formula is C21H22N4O. The summed E-state index contributed by atoms with van der Waals surface area (Å²) in [6.45, 7) is 4.75. The fraction of sp³-hybridized carbons (Fsp3) is 0.190. The van der Waals surface area contributed by atoms with Crippen LogP contribution in [0.4, 0.5) is 11.6 Å². The molecule has 0 aliphatic heterocycles. The van der Waals surface area contributed by atoms with E-state index >= 15 is 0 Å². The Kier molecular flexibility index (Phi) is 5.59. The van der Waals surface area contributed by atoms with E-state index in [1.54, 1.807) is 0 Å². The van der Waals surface area contributed by atoms with Gasteiger partial charge in [0.2, 0.25) is 5.95 Å². The van der Waals surface area contributed by atoms with E-state index in [1.807, 2.05) is 24.3 Å². The number of amides is 1. The molecule has 0 aliphatic carbocycles. The molecule has 0 radical (unpaired) electrons. The second-order valence-electron chi connectivity index (χ2n) is 6.10. The molecule has 5 heteroatoms. The summed E-state index contributed by atoms with van der Waals surface area (Å²) >= 11 is 0. The van der Waals surface area contributed by atoms with Gasteiger partial charge in [-0.05, 0) is 30.5 Å². The molecule has 2 aromatic carbocycles. The predicted molar refractivity (Wildman–Crippen MR) is 104 cm³/mol. The van der Waals surface area contributed by atoms with Crippen molar-refractivity contribution < 1.29 is 4.79 Å². The standard InChI is InChI=1S/C21H22N4O/c1-3-17-6-4-5-7-19(17)25-20(26)18-13-23-21(24-14-18)22-12-16-10-8-15(2)9-11-16/h4-11,13-14H,3,12H2,1-2H3,(H,25,26)(H,22,23,24). The van der Waals surface area contributed by atoms with Crippen molar-refractivity contribution in [3.8, 4) is 0 Å². The summed E-state index contributed by atoms with van der Waals surface area (Å²) in [5, 5.41) is 6.08. The quantitative estimate of drug-likeness (QED) is 0.701. The van der Waals surface area contributed by atoms with Crippen molar-refractivity contribution >= 4 is 17.5 Å². The maximum atomic E-state index is 12.4. The van der Waals surface area contributed by atoms with Crippen LogP contribution in [0.2, 0.25) is 0 Å². The average molecular weight is 346 g/mol. The summed E-state index contributed by atoms with van der Waals surface area (Å²) in [6, 6.07) is 16.0. The highest BCUT2D eigenvalue weighted by atomic mass is 16.1. The maximum absolute atomic E-state index is 12.4. The molecule has 0 aliphatic rings. The molecule has 1 aromatic heterocycles. The summed E-state index contributed by atoms with van der Waals surface area (Å²) in [5.41, 5.74) is 4.72. The first-order valence-corrected chi connectivity index (χ1v) is 8.66. The normalized spacial score (nSPS) is 10.4. The largest absolute Gasteiger partial charge is 0.350 e. The molecule has 26 heavy (non-hydrogen) atoms. The van der Waals surface area contributed by atoms with Crippen LogP contribution in [0.1, 0.15) is 34.0 Å². The zero-order valence-electron chi connectivity index (χ0n) is 15.0. The van der Waals surface area contributed by atoms with Gasteiger partial charge >= 0.3 is 0 Å². The van der Waals surface area contributed by atoms with Crippen molar-refractivity contribution in [3.63, 3.8) is 0 Å². The summed E-state index contributed by atoms with van der Waals surface area (Å²) < 4.78 is 0. The minimum Gasteiger partial charge on any atom is -0.350 e. The molecule has 3 rings (SSSR count). The number of hydrogen-bond donors (Lipinski definition) is 2. The van der Waals surface area contributed by atoms with Crippen molar-refractivity contribution in [2.24, 2.45) is 0 Å². The molecule has 0 saturated carbocycles. The van der Waals surface area contributed by atoms with Crippen LogP contribution in [0.15, 0.2) is 60.9 Å². The van der Waals surface area contributed by atoms with Gasteiger partial charge in [-0.15, -0.1) is 0 Å². The number of nitrogens with one attached hydrogen (secondary N) is 2. The van der Waals surface area contributed by atoms with Gasteiger partial charge in [0.15, 0.2) is 0 Å². The third-order valence-corrected chi connectivity index (χ3v) is 4.13. The number of nitrogens with zero attached hydrogens (tertiary/aromatic N) is 2. The molecule has 1 heterocycles. The van der Waals surface area contributed by atoms with Crippen molar-refractivity contribution in [1.29, 1.82) is 0 Å². The van der Waals surface area contributed by atoms with E-state index in [0.29, 0.717) is 18.1 Å². The number of aryl methyl sites for hydroxylation is 2. The lowest BCUT2D eigenvalue weighted by Gasteiger charge is -2.10. The first kappa shape index (κ1) is 17.6. The Morgan fingerprint density at radius 1 is 1.00 bits per heavy atom. The number of benzene rings is 2. The van der Waals surface area contributed by atoms with E-state index in [2.05, 4.69) is 58.7 Å². The van der Waals surface area contributed by atoms with Gasteiger partial charge in [-0.1, -0.05) is 55.0 Å². The van der Waals surface area contributed by atoms with Crippen LogP contribution in [-0.4, -0.2) is 15.9 Å². The molecule has 0 saturated heterocycles. The van der Waals surface area contributed by atoms with Crippen LogP contribution >= 0.6 is 0 Å². The molecule has 0 unspecified atom stereocenters. The topological polar surface area (TPSA) is 66.9 Å². The van der Waals surface area contributed by atoms with Gasteiger partial charge in [-0.3, -0.25) is 4.79 Å². The average Bonchev–Trinajstić information content (AvgIpc) is 2.68. The lowest BCUT2D eigenvalue weighted by atomic mass is 10.1. The number of carbonyl (C=O) groups is 1. The number of rotatable bonds is 6. The number of hydrogen-bond acceptors (Lipinski definition) is 4. The molecule has 0 spiro atoms. The summed E-state index contributed by atoms with van der Waals surface area (Å²) in [6.07, 6.45) is 3.93. The molecule has 132 valence electrons. The third kappa shape index (κ3) is 4.45. The highest BCUT2D eigenvalue weighted by Gasteiger charge is 2.09. The van der Waals surface area contributed by atoms with Crippen LogP contribution in [0.3, 0.4) is 0 Å².